The van der Waals surface area contributed by atoms with E-state index in [0.29, 0.717) is 11.1 Å². The van der Waals surface area contributed by atoms with Crippen molar-refractivity contribution < 1.29 is 13.9 Å². The maximum atomic E-state index is 11.9. The summed E-state index contributed by atoms with van der Waals surface area (Å²) in [5, 5.41) is 1.96. The van der Waals surface area contributed by atoms with Crippen molar-refractivity contribution in [2.45, 2.75) is 13.3 Å². The molecule has 5 heteroatoms. The number of esters is 1. The van der Waals surface area contributed by atoms with Crippen molar-refractivity contribution in [1.29, 1.82) is 0 Å². The fourth-order valence-electron chi connectivity index (χ4n) is 2.19. The fraction of sp³-hybridized carbons (Fsp3) is 0.188. The first-order chi connectivity index (χ1) is 10.2. The third-order valence-corrected chi connectivity index (χ3v) is 3.14. The fourth-order valence-corrected chi connectivity index (χ4v) is 2.19. The lowest BCUT2D eigenvalue weighted by Crippen LogP contribution is -2.17. The van der Waals surface area contributed by atoms with Crippen LogP contribution >= 0.6 is 0 Å². The van der Waals surface area contributed by atoms with Crippen LogP contribution < -0.4 is 5.63 Å². The molecule has 106 valence electrons. The molecule has 21 heavy (non-hydrogen) atoms. The summed E-state index contributed by atoms with van der Waals surface area (Å²) in [4.78, 5) is 27.6. The molecule has 0 aliphatic rings. The van der Waals surface area contributed by atoms with Crippen molar-refractivity contribution in [2.24, 2.45) is 0 Å². The van der Waals surface area contributed by atoms with Gasteiger partial charge in [0.05, 0.1) is 13.0 Å². The van der Waals surface area contributed by atoms with E-state index in [9.17, 15) is 9.59 Å². The first kappa shape index (κ1) is 13.3. The number of hydrogen-bond acceptors (Lipinski definition) is 5. The van der Waals surface area contributed by atoms with Crippen LogP contribution in [-0.2, 0) is 16.0 Å². The molecule has 0 spiro atoms. The van der Waals surface area contributed by atoms with E-state index in [1.807, 2.05) is 30.3 Å². The maximum absolute atomic E-state index is 11.9. The summed E-state index contributed by atoms with van der Waals surface area (Å²) in [7, 11) is 0. The van der Waals surface area contributed by atoms with Crippen molar-refractivity contribution in [3.8, 4) is 0 Å². The van der Waals surface area contributed by atoms with Gasteiger partial charge in [-0.25, -0.2) is 9.78 Å². The Labute approximate surface area is 120 Å². The molecule has 3 rings (SSSR count). The molecule has 0 amide bonds. The normalized spacial score (nSPS) is 10.9. The first-order valence-electron chi connectivity index (χ1n) is 6.65. The monoisotopic (exact) mass is 283 g/mol. The molecule has 0 aliphatic carbocycles. The average Bonchev–Trinajstić information content (AvgIpc) is 2.46. The molecule has 1 heterocycles. The second-order valence-electron chi connectivity index (χ2n) is 4.60. The highest BCUT2D eigenvalue weighted by Gasteiger charge is 2.13. The van der Waals surface area contributed by atoms with Crippen LogP contribution in [0.2, 0.25) is 0 Å². The topological polar surface area (TPSA) is 69.4 Å². The molecule has 0 radical (unpaired) electrons. The summed E-state index contributed by atoms with van der Waals surface area (Å²) in [6.07, 6.45) is -0.182. The van der Waals surface area contributed by atoms with E-state index in [2.05, 4.69) is 4.98 Å². The minimum absolute atomic E-state index is 0.0660. The number of hydrogen-bond donors (Lipinski definition) is 0. The van der Waals surface area contributed by atoms with Gasteiger partial charge >= 0.3 is 11.6 Å². The molecular weight excluding hydrogens is 270 g/mol. The molecule has 0 unspecified atom stereocenters. The van der Waals surface area contributed by atoms with Crippen LogP contribution in [0.15, 0.2) is 45.6 Å². The zero-order valence-electron chi connectivity index (χ0n) is 11.5. The van der Waals surface area contributed by atoms with Crippen LogP contribution in [0.25, 0.3) is 21.9 Å². The largest absolute Gasteiger partial charge is 0.466 e. The number of nitrogens with zero attached hydrogens (tertiary/aromatic N) is 1. The lowest BCUT2D eigenvalue weighted by molar-refractivity contribution is -0.142. The Balaban J connectivity index is 2.11. The zero-order valence-corrected chi connectivity index (χ0v) is 11.5. The number of fused-ring (bicyclic) bond motifs is 2. The van der Waals surface area contributed by atoms with Crippen LogP contribution in [0.5, 0.6) is 0 Å². The lowest BCUT2D eigenvalue weighted by Gasteiger charge is -2.03. The van der Waals surface area contributed by atoms with Crippen molar-refractivity contribution >= 4 is 27.8 Å². The summed E-state index contributed by atoms with van der Waals surface area (Å²) in [5.74, 6) is -0.488. The standard InChI is InChI=1S/C16H13NO4/c1-2-20-15(18)9-13-16(19)21-14-8-11-6-4-3-5-10(11)7-12(14)17-13/h3-8H,2,9H2,1H3. The molecule has 0 fully saturated rings. The van der Waals surface area contributed by atoms with E-state index < -0.39 is 11.6 Å². The van der Waals surface area contributed by atoms with E-state index >= 15 is 0 Å². The highest BCUT2D eigenvalue weighted by Crippen LogP contribution is 2.20. The number of rotatable bonds is 3. The minimum atomic E-state index is -0.606. The van der Waals surface area contributed by atoms with Gasteiger partial charge in [0, 0.05) is 0 Å². The van der Waals surface area contributed by atoms with Crippen LogP contribution in [0.4, 0.5) is 0 Å². The molecule has 0 saturated heterocycles. The number of benzene rings is 2. The van der Waals surface area contributed by atoms with Gasteiger partial charge in [0.2, 0.25) is 0 Å². The van der Waals surface area contributed by atoms with Gasteiger partial charge in [-0.3, -0.25) is 4.79 Å². The highest BCUT2D eigenvalue weighted by atomic mass is 16.5. The van der Waals surface area contributed by atoms with E-state index in [0.717, 1.165) is 10.8 Å². The van der Waals surface area contributed by atoms with Gasteiger partial charge in [-0.2, -0.15) is 0 Å². The van der Waals surface area contributed by atoms with Crippen molar-refractivity contribution in [1.82, 2.24) is 4.98 Å². The predicted molar refractivity (Wildman–Crippen MR) is 78.1 cm³/mol. The summed E-state index contributed by atoms with van der Waals surface area (Å²) < 4.78 is 10.1. The third-order valence-electron chi connectivity index (χ3n) is 3.14. The Morgan fingerprint density at radius 1 is 1.24 bits per heavy atom. The SMILES string of the molecule is CCOC(=O)Cc1nc2cc3ccccc3cc2oc1=O. The molecule has 0 saturated carbocycles. The van der Waals surface area contributed by atoms with Crippen molar-refractivity contribution in [3.63, 3.8) is 0 Å². The summed E-state index contributed by atoms with van der Waals surface area (Å²) >= 11 is 0. The Bertz CT molecular complexity index is 882. The molecule has 2 aromatic carbocycles. The predicted octanol–water partition coefficient (Wildman–Crippen LogP) is 2.45. The summed E-state index contributed by atoms with van der Waals surface area (Å²) in [5.41, 5.74) is 0.418. The summed E-state index contributed by atoms with van der Waals surface area (Å²) in [6, 6.07) is 11.3. The Morgan fingerprint density at radius 2 is 1.95 bits per heavy atom. The van der Waals surface area contributed by atoms with Crippen molar-refractivity contribution in [3.05, 3.63) is 52.5 Å². The molecule has 0 N–H and O–H groups in total. The van der Waals surface area contributed by atoms with Gasteiger partial charge in [-0.15, -0.1) is 0 Å². The summed E-state index contributed by atoms with van der Waals surface area (Å²) in [6.45, 7) is 1.97. The molecule has 5 nitrogen and oxygen atoms in total. The Hall–Kier alpha value is -2.69. The second kappa shape index (κ2) is 5.36. The van der Waals surface area contributed by atoms with E-state index in [-0.39, 0.29) is 18.7 Å². The minimum Gasteiger partial charge on any atom is -0.466 e. The highest BCUT2D eigenvalue weighted by molar-refractivity contribution is 5.94. The molecule has 3 aromatic rings. The van der Waals surface area contributed by atoms with Crippen LogP contribution in [0.3, 0.4) is 0 Å². The van der Waals surface area contributed by atoms with Gasteiger partial charge in [-0.1, -0.05) is 24.3 Å². The van der Waals surface area contributed by atoms with E-state index in [1.54, 1.807) is 13.0 Å². The molecular formula is C16H13NO4. The average molecular weight is 283 g/mol. The van der Waals surface area contributed by atoms with Gasteiger partial charge < -0.3 is 9.15 Å². The lowest BCUT2D eigenvalue weighted by atomic mass is 10.1. The molecule has 1 aromatic heterocycles. The zero-order chi connectivity index (χ0) is 14.8. The van der Waals surface area contributed by atoms with Gasteiger partial charge in [-0.05, 0) is 29.8 Å². The Morgan fingerprint density at radius 3 is 2.67 bits per heavy atom. The Kier molecular flexibility index (Phi) is 3.39. The van der Waals surface area contributed by atoms with Crippen molar-refractivity contribution in [2.75, 3.05) is 6.61 Å². The smallest absolute Gasteiger partial charge is 0.358 e. The maximum Gasteiger partial charge on any atom is 0.358 e. The van der Waals surface area contributed by atoms with Crippen LogP contribution in [-0.4, -0.2) is 17.6 Å². The third kappa shape index (κ3) is 2.63. The number of aromatic nitrogens is 1. The van der Waals surface area contributed by atoms with Crippen LogP contribution in [0.1, 0.15) is 12.6 Å². The van der Waals surface area contributed by atoms with Crippen LogP contribution in [0, 0.1) is 0 Å². The van der Waals surface area contributed by atoms with Gasteiger partial charge in [0.25, 0.3) is 0 Å². The second-order valence-corrected chi connectivity index (χ2v) is 4.60. The molecule has 0 bridgehead atoms. The van der Waals surface area contributed by atoms with Gasteiger partial charge in [0.15, 0.2) is 5.58 Å². The van der Waals surface area contributed by atoms with E-state index in [4.69, 9.17) is 9.15 Å². The number of ether oxygens (including phenoxy) is 1. The molecule has 0 atom stereocenters. The number of carbonyl (C=O) groups excluding carboxylic acids is 1. The first-order valence-corrected chi connectivity index (χ1v) is 6.65. The number of carbonyl (C=O) groups is 1. The quantitative estimate of drug-likeness (QED) is 0.545. The van der Waals surface area contributed by atoms with Gasteiger partial charge in [0.1, 0.15) is 11.2 Å². The van der Waals surface area contributed by atoms with E-state index in [1.165, 1.54) is 0 Å². The molecule has 0 aliphatic heterocycles.